The van der Waals surface area contributed by atoms with Gasteiger partial charge in [-0.3, -0.25) is 9.69 Å². The van der Waals surface area contributed by atoms with Crippen molar-refractivity contribution >= 4 is 5.91 Å². The van der Waals surface area contributed by atoms with Crippen LogP contribution in [0.2, 0.25) is 0 Å². The summed E-state index contributed by atoms with van der Waals surface area (Å²) in [6.07, 6.45) is 12.6. The van der Waals surface area contributed by atoms with Crippen LogP contribution in [0.4, 0.5) is 0 Å². The molecule has 22 heavy (non-hydrogen) atoms. The smallest absolute Gasteiger partial charge is 0.234 e. The van der Waals surface area contributed by atoms with Gasteiger partial charge in [0.1, 0.15) is 5.82 Å². The zero-order valence-corrected chi connectivity index (χ0v) is 13.6. The van der Waals surface area contributed by atoms with Gasteiger partial charge in [-0.1, -0.05) is 19.3 Å². The molecule has 1 amide bonds. The number of carbonyl (C=O) groups is 1. The first-order valence-corrected chi connectivity index (χ1v) is 8.73. The molecule has 2 aliphatic rings. The number of aryl methyl sites for hydroxylation is 1. The summed E-state index contributed by atoms with van der Waals surface area (Å²) in [7, 11) is 2.00. The first-order chi connectivity index (χ1) is 10.7. The highest BCUT2D eigenvalue weighted by Crippen LogP contribution is 2.40. The predicted octanol–water partition coefficient (Wildman–Crippen LogP) is 2.25. The van der Waals surface area contributed by atoms with Gasteiger partial charge in [-0.05, 0) is 44.7 Å². The van der Waals surface area contributed by atoms with E-state index in [1.807, 2.05) is 24.0 Å². The summed E-state index contributed by atoms with van der Waals surface area (Å²) in [5.41, 5.74) is 0. The molecule has 5 nitrogen and oxygen atoms in total. The van der Waals surface area contributed by atoms with E-state index in [2.05, 4.69) is 15.2 Å². The Kier molecular flexibility index (Phi) is 5.13. The van der Waals surface area contributed by atoms with E-state index in [0.29, 0.717) is 12.5 Å². The molecule has 1 aromatic heterocycles. The molecule has 1 N–H and O–H groups in total. The van der Waals surface area contributed by atoms with E-state index in [1.165, 1.54) is 44.9 Å². The number of hydrogen-bond donors (Lipinski definition) is 1. The summed E-state index contributed by atoms with van der Waals surface area (Å²) < 4.78 is 2.03. The van der Waals surface area contributed by atoms with E-state index >= 15 is 0 Å². The second-order valence-corrected chi connectivity index (χ2v) is 6.82. The molecule has 0 bridgehead atoms. The molecule has 2 heterocycles. The van der Waals surface area contributed by atoms with Gasteiger partial charge in [0.2, 0.25) is 5.91 Å². The van der Waals surface area contributed by atoms with Crippen molar-refractivity contribution in [2.75, 3.05) is 19.6 Å². The topological polar surface area (TPSA) is 50.2 Å². The Morgan fingerprint density at radius 3 is 2.55 bits per heavy atom. The Labute approximate surface area is 133 Å². The summed E-state index contributed by atoms with van der Waals surface area (Å²) in [5, 5.41) is 3.24. The third-order valence-corrected chi connectivity index (χ3v) is 4.86. The van der Waals surface area contributed by atoms with Crippen molar-refractivity contribution in [1.82, 2.24) is 19.8 Å². The number of rotatable bonds is 5. The first-order valence-electron chi connectivity index (χ1n) is 8.73. The van der Waals surface area contributed by atoms with Crippen molar-refractivity contribution in [3.05, 3.63) is 18.2 Å². The SMILES string of the molecule is Cn1ccnc1[C@H](NC(=O)CN1CCCCCCC1)C1CC1. The Balaban J connectivity index is 1.56. The van der Waals surface area contributed by atoms with Crippen LogP contribution in [0.3, 0.4) is 0 Å². The highest BCUT2D eigenvalue weighted by Gasteiger charge is 2.35. The summed E-state index contributed by atoms with van der Waals surface area (Å²) >= 11 is 0. The number of hydrogen-bond acceptors (Lipinski definition) is 3. The van der Waals surface area contributed by atoms with E-state index in [9.17, 15) is 4.79 Å². The second-order valence-electron chi connectivity index (χ2n) is 6.82. The molecule has 1 aliphatic heterocycles. The number of amides is 1. The molecule has 1 aromatic rings. The zero-order valence-electron chi connectivity index (χ0n) is 13.6. The van der Waals surface area contributed by atoms with E-state index in [1.54, 1.807) is 0 Å². The molecule has 1 saturated heterocycles. The predicted molar refractivity (Wildman–Crippen MR) is 86.3 cm³/mol. The van der Waals surface area contributed by atoms with Gasteiger partial charge in [-0.2, -0.15) is 0 Å². The fraction of sp³-hybridized carbons (Fsp3) is 0.765. The molecule has 1 atom stereocenters. The highest BCUT2D eigenvalue weighted by molar-refractivity contribution is 5.78. The number of nitrogens with one attached hydrogen (secondary N) is 1. The molecule has 0 unspecified atom stereocenters. The average molecular weight is 304 g/mol. The van der Waals surface area contributed by atoms with Gasteiger partial charge in [0.05, 0.1) is 12.6 Å². The quantitative estimate of drug-likeness (QED) is 0.908. The Morgan fingerprint density at radius 2 is 1.95 bits per heavy atom. The molecule has 0 aromatic carbocycles. The molecule has 3 rings (SSSR count). The third kappa shape index (κ3) is 4.09. The maximum Gasteiger partial charge on any atom is 0.234 e. The Hall–Kier alpha value is -1.36. The number of carbonyl (C=O) groups excluding carboxylic acids is 1. The highest BCUT2D eigenvalue weighted by atomic mass is 16.2. The number of likely N-dealkylation sites (tertiary alicyclic amines) is 1. The van der Waals surface area contributed by atoms with Crippen molar-refractivity contribution < 1.29 is 4.79 Å². The molecule has 5 heteroatoms. The van der Waals surface area contributed by atoms with E-state index in [-0.39, 0.29) is 11.9 Å². The van der Waals surface area contributed by atoms with Crippen molar-refractivity contribution in [3.8, 4) is 0 Å². The van der Waals surface area contributed by atoms with Crippen LogP contribution in [0.1, 0.15) is 56.8 Å². The lowest BCUT2D eigenvalue weighted by atomic mass is 10.1. The van der Waals surface area contributed by atoms with Crippen LogP contribution in [0.15, 0.2) is 12.4 Å². The second kappa shape index (κ2) is 7.27. The van der Waals surface area contributed by atoms with Crippen molar-refractivity contribution in [2.45, 2.75) is 51.0 Å². The Bertz CT molecular complexity index is 487. The summed E-state index contributed by atoms with van der Waals surface area (Å²) in [6.45, 7) is 2.65. The first kappa shape index (κ1) is 15.5. The van der Waals surface area contributed by atoms with E-state index < -0.39 is 0 Å². The van der Waals surface area contributed by atoms with Gasteiger partial charge in [-0.25, -0.2) is 4.98 Å². The molecule has 122 valence electrons. The minimum absolute atomic E-state index is 0.0854. The summed E-state index contributed by atoms with van der Waals surface area (Å²) in [6, 6.07) is 0.0854. The fourth-order valence-corrected chi connectivity index (χ4v) is 3.39. The van der Waals surface area contributed by atoms with Crippen LogP contribution in [0.5, 0.6) is 0 Å². The van der Waals surface area contributed by atoms with Crippen LogP contribution in [0, 0.1) is 5.92 Å². The fourth-order valence-electron chi connectivity index (χ4n) is 3.39. The normalized spacial score (nSPS) is 21.9. The van der Waals surface area contributed by atoms with E-state index in [4.69, 9.17) is 0 Å². The summed E-state index contributed by atoms with van der Waals surface area (Å²) in [5.74, 6) is 1.71. The average Bonchev–Trinajstić information content (AvgIpc) is 3.21. The van der Waals surface area contributed by atoms with Gasteiger partial charge < -0.3 is 9.88 Å². The standard InChI is InChI=1S/C17H28N4O/c1-20-12-9-18-17(20)16(14-7-8-14)19-15(22)13-21-10-5-3-2-4-6-11-21/h9,12,14,16H,2-8,10-11,13H2,1H3,(H,19,22)/t16-/m1/s1. The minimum Gasteiger partial charge on any atom is -0.345 e. The van der Waals surface area contributed by atoms with Crippen LogP contribution in [0.25, 0.3) is 0 Å². The maximum atomic E-state index is 12.5. The van der Waals surface area contributed by atoms with Crippen LogP contribution < -0.4 is 5.32 Å². The molecule has 0 spiro atoms. The third-order valence-electron chi connectivity index (χ3n) is 4.86. The van der Waals surface area contributed by atoms with Gasteiger partial charge in [-0.15, -0.1) is 0 Å². The number of nitrogens with zero attached hydrogens (tertiary/aromatic N) is 3. The maximum absolute atomic E-state index is 12.5. The van der Waals surface area contributed by atoms with Gasteiger partial charge in [0, 0.05) is 19.4 Å². The van der Waals surface area contributed by atoms with Gasteiger partial charge in [0.15, 0.2) is 0 Å². The minimum atomic E-state index is 0.0854. The lowest BCUT2D eigenvalue weighted by Crippen LogP contribution is -2.41. The van der Waals surface area contributed by atoms with Crippen LogP contribution in [-0.4, -0.2) is 40.0 Å². The van der Waals surface area contributed by atoms with Crippen molar-refractivity contribution in [2.24, 2.45) is 13.0 Å². The number of aromatic nitrogens is 2. The van der Waals surface area contributed by atoms with Gasteiger partial charge in [0.25, 0.3) is 0 Å². The molecular weight excluding hydrogens is 276 g/mol. The Morgan fingerprint density at radius 1 is 1.27 bits per heavy atom. The monoisotopic (exact) mass is 304 g/mol. The van der Waals surface area contributed by atoms with Crippen LogP contribution in [-0.2, 0) is 11.8 Å². The molecule has 1 saturated carbocycles. The largest absolute Gasteiger partial charge is 0.345 e. The molecule has 2 fully saturated rings. The van der Waals surface area contributed by atoms with Crippen molar-refractivity contribution in [3.63, 3.8) is 0 Å². The number of imidazole rings is 1. The summed E-state index contributed by atoms with van der Waals surface area (Å²) in [4.78, 5) is 19.2. The van der Waals surface area contributed by atoms with E-state index in [0.717, 1.165) is 18.9 Å². The molecule has 0 radical (unpaired) electrons. The van der Waals surface area contributed by atoms with Crippen LogP contribution >= 0.6 is 0 Å². The molecule has 1 aliphatic carbocycles. The lowest BCUT2D eigenvalue weighted by Gasteiger charge is -2.25. The van der Waals surface area contributed by atoms with Crippen molar-refractivity contribution in [1.29, 1.82) is 0 Å². The molecular formula is C17H28N4O. The lowest BCUT2D eigenvalue weighted by molar-refractivity contribution is -0.123. The zero-order chi connectivity index (χ0) is 15.4. The van der Waals surface area contributed by atoms with Gasteiger partial charge >= 0.3 is 0 Å².